The molecule has 0 atom stereocenters. The molecule has 100 valence electrons. The average molecular weight is 266 g/mol. The lowest BCUT2D eigenvalue weighted by molar-refractivity contribution is 0.466. The van der Waals surface area contributed by atoms with Gasteiger partial charge in [-0.1, -0.05) is 31.2 Å². The van der Waals surface area contributed by atoms with Crippen LogP contribution < -0.4 is 5.32 Å². The molecule has 5 heteroatoms. The van der Waals surface area contributed by atoms with Crippen LogP contribution in [0, 0.1) is 17.6 Å². The Morgan fingerprint density at radius 2 is 1.74 bits per heavy atom. The van der Waals surface area contributed by atoms with E-state index in [1.165, 1.54) is 0 Å². The van der Waals surface area contributed by atoms with E-state index in [4.69, 9.17) is 0 Å². The van der Waals surface area contributed by atoms with Gasteiger partial charge in [0.25, 0.3) is 5.95 Å². The third-order valence-electron chi connectivity index (χ3n) is 2.83. The summed E-state index contributed by atoms with van der Waals surface area (Å²) in [5, 5.41) is 2.68. The number of nitrogens with zero attached hydrogens (tertiary/aromatic N) is 1. The first kappa shape index (κ1) is 13.4. The molecule has 0 saturated carbocycles. The second kappa shape index (κ2) is 5.73. The zero-order valence-corrected chi connectivity index (χ0v) is 10.4. The van der Waals surface area contributed by atoms with Crippen molar-refractivity contribution in [2.45, 2.75) is 19.9 Å². The number of anilines is 1. The Balaban J connectivity index is 2.17. The zero-order chi connectivity index (χ0) is 13.8. The number of hydrogen-bond acceptors (Lipinski definition) is 2. The van der Waals surface area contributed by atoms with Crippen molar-refractivity contribution >= 4 is 5.82 Å². The molecule has 0 unspecified atom stereocenters. The fourth-order valence-electron chi connectivity index (χ4n) is 1.82. The monoisotopic (exact) mass is 266 g/mol. The highest BCUT2D eigenvalue weighted by atomic mass is 19.2. The van der Waals surface area contributed by atoms with Gasteiger partial charge in [0.05, 0.1) is 0 Å². The summed E-state index contributed by atoms with van der Waals surface area (Å²) < 4.78 is 39.1. The molecule has 1 aromatic heterocycles. The number of hydrogen-bond donors (Lipinski definition) is 1. The zero-order valence-electron chi connectivity index (χ0n) is 10.4. The number of aryl methyl sites for hydroxylation is 1. The number of rotatable bonds is 4. The fourth-order valence-corrected chi connectivity index (χ4v) is 1.82. The molecule has 0 aliphatic rings. The molecular formula is C14H13F3N2. The number of halogens is 3. The molecule has 2 aromatic rings. The van der Waals surface area contributed by atoms with Crippen LogP contribution >= 0.6 is 0 Å². The van der Waals surface area contributed by atoms with Crippen LogP contribution in [0.25, 0.3) is 0 Å². The van der Waals surface area contributed by atoms with Crippen molar-refractivity contribution < 1.29 is 13.2 Å². The minimum atomic E-state index is -1.31. The SMILES string of the molecule is CCc1ccccc1CNc1nc(F)c(F)cc1F. The Morgan fingerprint density at radius 3 is 2.42 bits per heavy atom. The molecule has 0 spiro atoms. The Labute approximate surface area is 109 Å². The van der Waals surface area contributed by atoms with Crippen LogP contribution in [0.2, 0.25) is 0 Å². The summed E-state index contributed by atoms with van der Waals surface area (Å²) in [5.74, 6) is -3.80. The minimum absolute atomic E-state index is 0.287. The van der Waals surface area contributed by atoms with E-state index in [0.29, 0.717) is 12.6 Å². The molecule has 0 fully saturated rings. The summed E-state index contributed by atoms with van der Waals surface area (Å²) in [6.45, 7) is 2.31. The highest BCUT2D eigenvalue weighted by Crippen LogP contribution is 2.16. The van der Waals surface area contributed by atoms with Crippen LogP contribution in [0.5, 0.6) is 0 Å². The smallest absolute Gasteiger partial charge is 0.251 e. The van der Waals surface area contributed by atoms with Gasteiger partial charge in [0, 0.05) is 12.6 Å². The number of aromatic nitrogens is 1. The predicted molar refractivity (Wildman–Crippen MR) is 67.3 cm³/mol. The summed E-state index contributed by atoms with van der Waals surface area (Å²) in [4.78, 5) is 3.22. The summed E-state index contributed by atoms with van der Waals surface area (Å²) in [7, 11) is 0. The molecule has 19 heavy (non-hydrogen) atoms. The van der Waals surface area contributed by atoms with Gasteiger partial charge in [0.1, 0.15) is 0 Å². The van der Waals surface area contributed by atoms with Crippen molar-refractivity contribution in [1.29, 1.82) is 0 Å². The maximum atomic E-state index is 13.4. The van der Waals surface area contributed by atoms with Crippen LogP contribution in [0.3, 0.4) is 0 Å². The standard InChI is InChI=1S/C14H13F3N2/c1-2-9-5-3-4-6-10(9)8-18-14-12(16)7-11(15)13(17)19-14/h3-7H,2,8H2,1H3,(H,18,19). The van der Waals surface area contributed by atoms with E-state index in [9.17, 15) is 13.2 Å². The molecule has 1 aromatic carbocycles. The summed E-state index contributed by atoms with van der Waals surface area (Å²) in [6, 6.07) is 8.12. The molecule has 2 nitrogen and oxygen atoms in total. The van der Waals surface area contributed by atoms with Crippen LogP contribution in [-0.4, -0.2) is 4.98 Å². The van der Waals surface area contributed by atoms with Gasteiger partial charge in [-0.2, -0.15) is 9.37 Å². The van der Waals surface area contributed by atoms with Crippen molar-refractivity contribution in [3.8, 4) is 0 Å². The lowest BCUT2D eigenvalue weighted by Gasteiger charge is -2.10. The van der Waals surface area contributed by atoms with E-state index in [1.807, 2.05) is 31.2 Å². The molecule has 0 aliphatic carbocycles. The average Bonchev–Trinajstić information content (AvgIpc) is 2.41. The highest BCUT2D eigenvalue weighted by Gasteiger charge is 2.11. The van der Waals surface area contributed by atoms with Crippen molar-refractivity contribution in [1.82, 2.24) is 4.98 Å². The van der Waals surface area contributed by atoms with E-state index in [-0.39, 0.29) is 5.82 Å². The lowest BCUT2D eigenvalue weighted by atomic mass is 10.1. The van der Waals surface area contributed by atoms with Gasteiger partial charge in [-0.25, -0.2) is 8.78 Å². The summed E-state index contributed by atoms with van der Waals surface area (Å²) in [5.41, 5.74) is 2.08. The molecule has 0 amide bonds. The molecule has 0 bridgehead atoms. The third-order valence-corrected chi connectivity index (χ3v) is 2.83. The molecule has 2 rings (SSSR count). The first-order chi connectivity index (χ1) is 9.11. The van der Waals surface area contributed by atoms with Gasteiger partial charge in [-0.05, 0) is 17.5 Å². The Bertz CT molecular complexity index is 585. The quantitative estimate of drug-likeness (QED) is 0.854. The third kappa shape index (κ3) is 3.05. The second-order valence-electron chi connectivity index (χ2n) is 4.07. The van der Waals surface area contributed by atoms with Crippen molar-refractivity contribution in [2.75, 3.05) is 5.32 Å². The van der Waals surface area contributed by atoms with E-state index in [2.05, 4.69) is 10.3 Å². The second-order valence-corrected chi connectivity index (χ2v) is 4.07. The number of benzene rings is 1. The van der Waals surface area contributed by atoms with E-state index in [1.54, 1.807) is 0 Å². The number of nitrogens with one attached hydrogen (secondary N) is 1. The first-order valence-electron chi connectivity index (χ1n) is 5.94. The van der Waals surface area contributed by atoms with E-state index >= 15 is 0 Å². The van der Waals surface area contributed by atoms with Crippen LogP contribution in [0.1, 0.15) is 18.1 Å². The maximum absolute atomic E-state index is 13.4. The Kier molecular flexibility index (Phi) is 4.04. The van der Waals surface area contributed by atoms with Crippen molar-refractivity contribution in [3.63, 3.8) is 0 Å². The molecular weight excluding hydrogens is 253 g/mol. The topological polar surface area (TPSA) is 24.9 Å². The largest absolute Gasteiger partial charge is 0.363 e. The van der Waals surface area contributed by atoms with Gasteiger partial charge in [-0.3, -0.25) is 0 Å². The van der Waals surface area contributed by atoms with E-state index in [0.717, 1.165) is 17.5 Å². The molecule has 0 radical (unpaired) electrons. The van der Waals surface area contributed by atoms with Crippen LogP contribution in [0.4, 0.5) is 19.0 Å². The molecule has 1 heterocycles. The summed E-state index contributed by atoms with van der Waals surface area (Å²) in [6.07, 6.45) is 0.839. The Morgan fingerprint density at radius 1 is 1.05 bits per heavy atom. The lowest BCUT2D eigenvalue weighted by Crippen LogP contribution is -2.07. The van der Waals surface area contributed by atoms with Crippen molar-refractivity contribution in [3.05, 3.63) is 59.0 Å². The maximum Gasteiger partial charge on any atom is 0.251 e. The normalized spacial score (nSPS) is 10.5. The van der Waals surface area contributed by atoms with Gasteiger partial charge < -0.3 is 5.32 Å². The van der Waals surface area contributed by atoms with Gasteiger partial charge in [-0.15, -0.1) is 0 Å². The van der Waals surface area contributed by atoms with Gasteiger partial charge in [0.2, 0.25) is 0 Å². The molecule has 0 aliphatic heterocycles. The molecule has 0 saturated heterocycles. The fraction of sp³-hybridized carbons (Fsp3) is 0.214. The van der Waals surface area contributed by atoms with Crippen LogP contribution in [-0.2, 0) is 13.0 Å². The van der Waals surface area contributed by atoms with E-state index < -0.39 is 17.6 Å². The van der Waals surface area contributed by atoms with Gasteiger partial charge in [0.15, 0.2) is 17.5 Å². The predicted octanol–water partition coefficient (Wildman–Crippen LogP) is 3.67. The number of pyridine rings is 1. The Hall–Kier alpha value is -2.04. The van der Waals surface area contributed by atoms with Crippen molar-refractivity contribution in [2.24, 2.45) is 0 Å². The summed E-state index contributed by atoms with van der Waals surface area (Å²) >= 11 is 0. The minimum Gasteiger partial charge on any atom is -0.363 e. The highest BCUT2D eigenvalue weighted by molar-refractivity contribution is 5.39. The van der Waals surface area contributed by atoms with Gasteiger partial charge >= 0.3 is 0 Å². The first-order valence-corrected chi connectivity index (χ1v) is 5.94. The van der Waals surface area contributed by atoms with Crippen LogP contribution in [0.15, 0.2) is 30.3 Å². The molecule has 1 N–H and O–H groups in total.